The van der Waals surface area contributed by atoms with Crippen LogP contribution < -0.4 is 0 Å². The number of aryl methyl sites for hydroxylation is 2. The van der Waals surface area contributed by atoms with E-state index >= 15 is 0 Å². The third-order valence-electron chi connectivity index (χ3n) is 8.09. The average Bonchev–Trinajstić information content (AvgIpc) is 3.48. The van der Waals surface area contributed by atoms with Crippen molar-refractivity contribution in [3.63, 3.8) is 0 Å². The molecule has 45 heavy (non-hydrogen) atoms. The van der Waals surface area contributed by atoms with Crippen LogP contribution in [0.5, 0.6) is 0 Å². The Morgan fingerprint density at radius 3 is 2.16 bits per heavy atom. The number of pyridine rings is 3. The van der Waals surface area contributed by atoms with E-state index < -0.39 is 0 Å². The zero-order chi connectivity index (χ0) is 30.0. The Hall–Kier alpha value is -4.96. The molecular formula is C40H29IrN3O-2. The molecule has 8 aromatic rings. The summed E-state index contributed by atoms with van der Waals surface area (Å²) in [5.41, 5.74) is 11.4. The number of fused-ring (bicyclic) bond motifs is 4. The van der Waals surface area contributed by atoms with Crippen LogP contribution in [0.4, 0.5) is 0 Å². The van der Waals surface area contributed by atoms with Gasteiger partial charge >= 0.3 is 0 Å². The van der Waals surface area contributed by atoms with Gasteiger partial charge in [-0.05, 0) is 78.0 Å². The molecule has 0 fully saturated rings. The first-order valence-corrected chi connectivity index (χ1v) is 14.6. The Labute approximate surface area is 276 Å². The largest absolute Gasteiger partial charge is 0.500 e. The summed E-state index contributed by atoms with van der Waals surface area (Å²) < 4.78 is 6.66. The van der Waals surface area contributed by atoms with Gasteiger partial charge in [0, 0.05) is 61.2 Å². The van der Waals surface area contributed by atoms with Crippen molar-refractivity contribution in [1.82, 2.24) is 15.0 Å². The maximum absolute atomic E-state index is 6.66. The maximum Gasteiger partial charge on any atom is 0.129 e. The zero-order valence-corrected chi connectivity index (χ0v) is 27.5. The van der Waals surface area contributed by atoms with Gasteiger partial charge in [0.2, 0.25) is 0 Å². The molecule has 0 saturated carbocycles. The molecule has 0 saturated heterocycles. The molecule has 0 N–H and O–H groups in total. The van der Waals surface area contributed by atoms with Gasteiger partial charge in [-0.3, -0.25) is 4.98 Å². The van der Waals surface area contributed by atoms with Crippen LogP contribution in [0, 0.1) is 32.9 Å². The minimum absolute atomic E-state index is 0. The second-order valence-electron chi connectivity index (χ2n) is 10.8. The van der Waals surface area contributed by atoms with Crippen molar-refractivity contribution in [2.24, 2.45) is 0 Å². The van der Waals surface area contributed by atoms with E-state index in [9.17, 15) is 0 Å². The van der Waals surface area contributed by atoms with Crippen molar-refractivity contribution < 1.29 is 24.5 Å². The fraction of sp³-hybridized carbons (Fsp3) is 0.0750. The first-order valence-electron chi connectivity index (χ1n) is 14.6. The first-order chi connectivity index (χ1) is 21.6. The minimum Gasteiger partial charge on any atom is -0.500 e. The molecule has 5 heteroatoms. The van der Waals surface area contributed by atoms with Crippen molar-refractivity contribution in [3.8, 4) is 33.6 Å². The van der Waals surface area contributed by atoms with E-state index in [1.807, 2.05) is 79.1 Å². The third-order valence-corrected chi connectivity index (χ3v) is 8.09. The summed E-state index contributed by atoms with van der Waals surface area (Å²) in [6.45, 7) is 6.48. The molecule has 0 bridgehead atoms. The molecule has 0 unspecified atom stereocenters. The van der Waals surface area contributed by atoms with Crippen LogP contribution in [0.3, 0.4) is 0 Å². The number of aromatic nitrogens is 3. The fourth-order valence-corrected chi connectivity index (χ4v) is 5.81. The van der Waals surface area contributed by atoms with E-state index in [1.165, 1.54) is 27.6 Å². The molecule has 1 radical (unpaired) electrons. The summed E-state index contributed by atoms with van der Waals surface area (Å²) in [6, 6.07) is 38.8. The van der Waals surface area contributed by atoms with Crippen LogP contribution in [0.2, 0.25) is 0 Å². The van der Waals surface area contributed by atoms with Crippen molar-refractivity contribution in [2.75, 3.05) is 0 Å². The van der Waals surface area contributed by atoms with Crippen molar-refractivity contribution in [1.29, 1.82) is 0 Å². The van der Waals surface area contributed by atoms with Crippen molar-refractivity contribution >= 4 is 32.7 Å². The van der Waals surface area contributed by atoms with Gasteiger partial charge in [-0.2, -0.15) is 0 Å². The van der Waals surface area contributed by atoms with E-state index in [1.54, 1.807) is 12.4 Å². The van der Waals surface area contributed by atoms with Crippen molar-refractivity contribution in [2.45, 2.75) is 20.8 Å². The molecular weight excluding hydrogens is 731 g/mol. The van der Waals surface area contributed by atoms with Gasteiger partial charge in [-0.1, -0.05) is 53.4 Å². The minimum atomic E-state index is 0. The zero-order valence-electron chi connectivity index (χ0n) is 25.1. The summed E-state index contributed by atoms with van der Waals surface area (Å²) in [4.78, 5) is 13.2. The standard InChI is InChI=1S/C29H21N2O.C11H8N.Ir/c1-17-10-11-23(27-19(3)18(2)15-20-12-14-30-16-24(20)27)29-26(17)22-8-6-7-21(28(22)32-29)25-9-4-5-13-31-25;1-2-6-10(7-3-1)11-8-4-5-9-12-11;/h4-6,8-16H,1-3H3;1-6,8-9H;/q2*-1;. The molecule has 0 atom stereocenters. The Bertz CT molecular complexity index is 2210. The van der Waals surface area contributed by atoms with Crippen LogP contribution in [-0.4, -0.2) is 15.0 Å². The second-order valence-corrected chi connectivity index (χ2v) is 10.8. The van der Waals surface area contributed by atoms with Crippen LogP contribution >= 0.6 is 0 Å². The monoisotopic (exact) mass is 760 g/mol. The topological polar surface area (TPSA) is 51.8 Å². The number of nitrogens with zero attached hydrogens (tertiary/aromatic N) is 3. The van der Waals surface area contributed by atoms with Gasteiger partial charge in [0.15, 0.2) is 0 Å². The smallest absolute Gasteiger partial charge is 0.129 e. The Kier molecular flexibility index (Phi) is 8.66. The Morgan fingerprint density at radius 2 is 1.42 bits per heavy atom. The average molecular weight is 760 g/mol. The predicted molar refractivity (Wildman–Crippen MR) is 179 cm³/mol. The Morgan fingerprint density at radius 1 is 0.644 bits per heavy atom. The molecule has 4 heterocycles. The summed E-state index contributed by atoms with van der Waals surface area (Å²) in [5.74, 6) is 0. The van der Waals surface area contributed by atoms with Gasteiger partial charge in [0.05, 0.1) is 5.58 Å². The third kappa shape index (κ3) is 5.69. The molecule has 0 aliphatic carbocycles. The normalized spacial score (nSPS) is 10.8. The molecule has 8 rings (SSSR count). The van der Waals surface area contributed by atoms with Crippen LogP contribution in [0.25, 0.3) is 66.4 Å². The molecule has 0 spiro atoms. The summed E-state index contributed by atoms with van der Waals surface area (Å²) >= 11 is 0. The van der Waals surface area contributed by atoms with E-state index in [4.69, 9.17) is 4.42 Å². The van der Waals surface area contributed by atoms with Gasteiger partial charge in [-0.25, -0.2) is 0 Å². The van der Waals surface area contributed by atoms with E-state index in [0.717, 1.165) is 55.4 Å². The van der Waals surface area contributed by atoms with E-state index in [2.05, 4.69) is 78.2 Å². The van der Waals surface area contributed by atoms with Crippen LogP contribution in [0.15, 0.2) is 126 Å². The number of furan rings is 1. The summed E-state index contributed by atoms with van der Waals surface area (Å²) in [5, 5.41) is 4.55. The number of hydrogen-bond acceptors (Lipinski definition) is 4. The Balaban J connectivity index is 0.000000231. The first kappa shape index (κ1) is 30.1. The van der Waals surface area contributed by atoms with Crippen molar-refractivity contribution in [3.05, 3.63) is 151 Å². The molecule has 4 nitrogen and oxygen atoms in total. The van der Waals surface area contributed by atoms with Gasteiger partial charge in [-0.15, -0.1) is 54.1 Å². The fourth-order valence-electron chi connectivity index (χ4n) is 5.81. The maximum atomic E-state index is 6.66. The predicted octanol–water partition coefficient (Wildman–Crippen LogP) is 10.1. The molecule has 4 aromatic carbocycles. The van der Waals surface area contributed by atoms with Gasteiger partial charge in [0.1, 0.15) is 5.58 Å². The molecule has 4 aromatic heterocycles. The molecule has 0 aliphatic heterocycles. The second kappa shape index (κ2) is 13.0. The number of benzene rings is 4. The molecule has 0 amide bonds. The summed E-state index contributed by atoms with van der Waals surface area (Å²) in [6.07, 6.45) is 7.40. The van der Waals surface area contributed by atoms with E-state index in [0.29, 0.717) is 0 Å². The molecule has 221 valence electrons. The van der Waals surface area contributed by atoms with E-state index in [-0.39, 0.29) is 20.1 Å². The molecule has 0 aliphatic rings. The summed E-state index contributed by atoms with van der Waals surface area (Å²) in [7, 11) is 0. The van der Waals surface area contributed by atoms with Gasteiger partial charge < -0.3 is 14.4 Å². The number of rotatable bonds is 3. The van der Waals surface area contributed by atoms with Crippen LogP contribution in [0.1, 0.15) is 16.7 Å². The SMILES string of the molecule is Cc1cc2ccncc2c(-c2ccc(C)c3c2oc2c(-c4ccccn4)[c-]ccc23)c1C.[Ir].[c-]1ccccc1-c1ccccn1. The number of hydrogen-bond donors (Lipinski definition) is 0. The quantitative estimate of drug-likeness (QED) is 0.168. The van der Waals surface area contributed by atoms with Gasteiger partial charge in [0.25, 0.3) is 0 Å². The van der Waals surface area contributed by atoms with Crippen LogP contribution in [-0.2, 0) is 20.1 Å².